The maximum Gasteiger partial charge on any atom is 0.407 e. The van der Waals surface area contributed by atoms with Crippen molar-refractivity contribution in [1.82, 2.24) is 47.4 Å². The molecule has 2 aliphatic rings. The minimum absolute atomic E-state index is 0.00385. The van der Waals surface area contributed by atoms with Gasteiger partial charge in [-0.2, -0.15) is 18.6 Å². The van der Waals surface area contributed by atoms with Crippen molar-refractivity contribution in [3.05, 3.63) is 179 Å². The molecule has 1 fully saturated rings. The van der Waals surface area contributed by atoms with Gasteiger partial charge >= 0.3 is 18.0 Å². The number of hydrogen-bond donors (Lipinski definition) is 13. The molecule has 1 aliphatic heterocycles. The fraction of sp³-hybridized carbons (Fsp3) is 0.342. The van der Waals surface area contributed by atoms with Crippen molar-refractivity contribution in [2.24, 2.45) is 15.6 Å². The van der Waals surface area contributed by atoms with Crippen LogP contribution in [0.1, 0.15) is 110 Å². The fourth-order valence-corrected chi connectivity index (χ4v) is 13.8. The normalized spacial score (nSPS) is 14.2. The topological polar surface area (TPSA) is 460 Å². The van der Waals surface area contributed by atoms with Gasteiger partial charge < -0.3 is 77.9 Å². The molecule has 1 aliphatic carbocycles. The summed E-state index contributed by atoms with van der Waals surface area (Å²) in [6.45, 7) is 3.81. The standard InChI is InChI=1S/C79H89ClN14O18S/c1-79(2,3)70(76(105)94-40-14-23-64(94)75(104)88-63(42-69(98)99)74(103)85-44-68(97)87-62(77(106)107)21-10-11-37-83-71(100)46-25-28-48(29-26-46)91-92-49-30-32-50(33-31-49)93(4)5)90-72(101)47-27-34-60(58(80)41-47)86-67(96)43-84-73(102)61(89-78(108)112-45-57-53-17-8-6-15-51(53)52-16-7-9-18-54(52)57)35-36-66(95)82-39-38-81-59-22-12-20-56-55(59)19-13-24-65(56)113(109,110)111/h6-9,12-13,15-20,22,24-34,41,57,61-64,70,81H,10-11,14,21,23,35-40,42-45H2,1-5H3,(H,82,95)(H,83,100)(H,84,102)(H,85,103)(H,86,96)(H,87,97)(H,88,104)(H,89,108)(H,90,101)(H,98,99)(H,106,107)(H,109,110,111)/b92-91+/t61?,62-,63-,64-,70?/m0/s1. The Morgan fingerprint density at radius 3 is 1.86 bits per heavy atom. The number of fused-ring (bicyclic) bond motifs is 4. The number of amides is 10. The van der Waals surface area contributed by atoms with E-state index in [0.29, 0.717) is 34.4 Å². The highest BCUT2D eigenvalue weighted by Gasteiger charge is 2.43. The quantitative estimate of drug-likeness (QED) is 0.0102. The predicted octanol–water partition coefficient (Wildman–Crippen LogP) is 7.57. The molecule has 0 bridgehead atoms. The minimum Gasteiger partial charge on any atom is -0.481 e. The van der Waals surface area contributed by atoms with Gasteiger partial charge in [-0.15, -0.1) is 0 Å². The Labute approximate surface area is 656 Å². The van der Waals surface area contributed by atoms with Crippen LogP contribution in [-0.2, 0) is 58.0 Å². The van der Waals surface area contributed by atoms with Crippen molar-refractivity contribution < 1.29 is 85.5 Å². The van der Waals surface area contributed by atoms with Crippen LogP contribution in [0.4, 0.5) is 33.2 Å². The predicted molar refractivity (Wildman–Crippen MR) is 419 cm³/mol. The van der Waals surface area contributed by atoms with Gasteiger partial charge in [-0.05, 0) is 145 Å². The summed E-state index contributed by atoms with van der Waals surface area (Å²) in [5.74, 6) is -10.2. The number of alkyl carbamates (subject to hydrolysis) is 1. The first kappa shape index (κ1) is 84.7. The summed E-state index contributed by atoms with van der Waals surface area (Å²) >= 11 is 6.64. The first-order valence-corrected chi connectivity index (χ1v) is 38.1. The van der Waals surface area contributed by atoms with E-state index >= 15 is 0 Å². The Bertz CT molecular complexity index is 4820. The Kier molecular flexibility index (Phi) is 29.2. The Morgan fingerprint density at radius 1 is 0.611 bits per heavy atom. The number of hydrogen-bond acceptors (Lipinski definition) is 19. The Hall–Kier alpha value is -12.4. The monoisotopic (exact) mass is 1590 g/mol. The average molecular weight is 1590 g/mol. The summed E-state index contributed by atoms with van der Waals surface area (Å²) in [5.41, 5.74) is 5.81. The van der Waals surface area contributed by atoms with E-state index in [0.717, 1.165) is 27.9 Å². The van der Waals surface area contributed by atoms with Crippen LogP contribution in [0.15, 0.2) is 167 Å². The van der Waals surface area contributed by atoms with Gasteiger partial charge in [0.05, 0.1) is 41.6 Å². The van der Waals surface area contributed by atoms with Crippen LogP contribution in [0.3, 0.4) is 0 Å². The second-order valence-corrected chi connectivity index (χ2v) is 29.9. The molecular weight excluding hydrogens is 1500 g/mol. The number of ether oxygens (including phenoxy) is 1. The highest BCUT2D eigenvalue weighted by atomic mass is 35.5. The number of carboxylic acids is 2. The summed E-state index contributed by atoms with van der Waals surface area (Å²) in [7, 11) is -0.669. The molecule has 0 saturated carbocycles. The van der Waals surface area contributed by atoms with E-state index in [1.807, 2.05) is 91.8 Å². The minimum atomic E-state index is -4.52. The van der Waals surface area contributed by atoms with E-state index in [1.165, 1.54) is 35.2 Å². The number of halogens is 1. The first-order valence-electron chi connectivity index (χ1n) is 36.3. The molecule has 10 amide bonds. The van der Waals surface area contributed by atoms with E-state index in [1.54, 1.807) is 69.3 Å². The van der Waals surface area contributed by atoms with Gasteiger partial charge in [0, 0.05) is 85.9 Å². The van der Waals surface area contributed by atoms with Crippen LogP contribution in [0.2, 0.25) is 5.02 Å². The van der Waals surface area contributed by atoms with Crippen molar-refractivity contribution >= 4 is 132 Å². The van der Waals surface area contributed by atoms with Crippen LogP contribution in [0.25, 0.3) is 21.9 Å². The molecule has 1 heterocycles. The van der Waals surface area contributed by atoms with Gasteiger partial charge in [0.2, 0.25) is 41.4 Å². The lowest BCUT2D eigenvalue weighted by Crippen LogP contribution is -2.59. The molecule has 0 radical (unpaired) electrons. The van der Waals surface area contributed by atoms with Crippen molar-refractivity contribution in [2.45, 2.75) is 113 Å². The number of nitrogens with zero attached hydrogens (tertiary/aromatic N) is 4. The van der Waals surface area contributed by atoms with Gasteiger partial charge in [-0.25, -0.2) is 9.59 Å². The van der Waals surface area contributed by atoms with E-state index in [9.17, 15) is 80.7 Å². The summed E-state index contributed by atoms with van der Waals surface area (Å²) in [5, 5.41) is 54.6. The molecule has 32 nitrogen and oxygen atoms in total. The van der Waals surface area contributed by atoms with Gasteiger partial charge in [0.1, 0.15) is 41.7 Å². The fourth-order valence-electron chi connectivity index (χ4n) is 12.9. The summed E-state index contributed by atoms with van der Waals surface area (Å²) in [6, 6.07) is 35.2. The number of carbonyl (C=O) groups excluding carboxylic acids is 10. The molecular formula is C79H89ClN14O18S. The van der Waals surface area contributed by atoms with E-state index in [2.05, 4.69) is 63.4 Å². The van der Waals surface area contributed by atoms with Crippen LogP contribution < -0.4 is 58.1 Å². The molecule has 5 atom stereocenters. The van der Waals surface area contributed by atoms with Crippen molar-refractivity contribution in [2.75, 3.05) is 75.5 Å². The average Bonchev–Trinajstić information content (AvgIpc) is 1.63. The van der Waals surface area contributed by atoms with E-state index < -0.39 is 131 Å². The van der Waals surface area contributed by atoms with E-state index in [4.69, 9.17) is 16.3 Å². The third-order valence-electron chi connectivity index (χ3n) is 18.7. The molecule has 13 N–H and O–H groups in total. The number of azo groups is 1. The van der Waals surface area contributed by atoms with Crippen LogP contribution in [0, 0.1) is 5.41 Å². The SMILES string of the molecule is CN(C)c1ccc(/N=N/c2ccc(C(=O)NCCCC[C@H](NC(=O)CNC(=O)[C@H](CC(=O)O)NC(=O)[C@@H]3CCCN3C(=O)C(NC(=O)c3ccc(NC(=O)CNC(=O)C(CCC(=O)NCCNc4cccc5c(S(=O)(=O)O)cccc45)NC(=O)OCC4c5ccccc5-c5ccccc54)c(Cl)c3)C(C)(C)C)C(=O)O)cc2)cc1. The van der Waals surface area contributed by atoms with Crippen LogP contribution in [0.5, 0.6) is 0 Å². The van der Waals surface area contributed by atoms with Crippen molar-refractivity contribution in [3.8, 4) is 11.1 Å². The lowest BCUT2D eigenvalue weighted by Gasteiger charge is -2.35. The summed E-state index contributed by atoms with van der Waals surface area (Å²) in [6.07, 6.45) is -1.60. The number of carboxylic acid groups (broad SMARTS) is 2. The summed E-state index contributed by atoms with van der Waals surface area (Å²) < 4.78 is 39.5. The molecule has 9 rings (SSSR count). The summed E-state index contributed by atoms with van der Waals surface area (Å²) in [4.78, 5) is 163. The number of nitrogens with one attached hydrogen (secondary N) is 10. The Morgan fingerprint density at radius 2 is 1.23 bits per heavy atom. The number of carbonyl (C=O) groups is 12. The highest BCUT2D eigenvalue weighted by Crippen LogP contribution is 2.45. The van der Waals surface area contributed by atoms with E-state index in [-0.39, 0.29) is 110 Å². The third-order valence-corrected chi connectivity index (χ3v) is 20.0. The third kappa shape index (κ3) is 23.6. The number of anilines is 3. The molecule has 0 spiro atoms. The number of likely N-dealkylation sites (tertiary alicyclic amines) is 1. The van der Waals surface area contributed by atoms with Gasteiger partial charge in [0.15, 0.2) is 0 Å². The zero-order valence-corrected chi connectivity index (χ0v) is 64.1. The zero-order chi connectivity index (χ0) is 81.7. The highest BCUT2D eigenvalue weighted by molar-refractivity contribution is 7.86. The molecule has 7 aromatic rings. The van der Waals surface area contributed by atoms with Crippen molar-refractivity contribution in [3.63, 3.8) is 0 Å². The molecule has 0 aromatic heterocycles. The second-order valence-electron chi connectivity index (χ2n) is 28.1. The van der Waals surface area contributed by atoms with Gasteiger partial charge in [-0.1, -0.05) is 105 Å². The first-order chi connectivity index (χ1) is 53.8. The zero-order valence-electron chi connectivity index (χ0n) is 62.5. The molecule has 7 aromatic carbocycles. The molecule has 1 saturated heterocycles. The smallest absolute Gasteiger partial charge is 0.407 e. The maximum absolute atomic E-state index is 14.5. The molecule has 2 unspecified atom stereocenters. The molecule has 34 heteroatoms. The van der Waals surface area contributed by atoms with Crippen LogP contribution >= 0.6 is 11.6 Å². The molecule has 113 heavy (non-hydrogen) atoms. The van der Waals surface area contributed by atoms with Gasteiger partial charge in [-0.3, -0.25) is 52.5 Å². The lowest BCUT2D eigenvalue weighted by molar-refractivity contribution is -0.144. The second kappa shape index (κ2) is 39.0. The van der Waals surface area contributed by atoms with Gasteiger partial charge in [0.25, 0.3) is 21.9 Å². The van der Waals surface area contributed by atoms with Crippen molar-refractivity contribution in [1.29, 1.82) is 0 Å². The van der Waals surface area contributed by atoms with Crippen LogP contribution in [-0.4, -0.2) is 189 Å². The molecule has 596 valence electrons. The number of aliphatic carboxylic acids is 2. The Balaban J connectivity index is 0.735. The number of benzene rings is 7. The number of rotatable bonds is 36. The largest absolute Gasteiger partial charge is 0.481 e. The lowest BCUT2D eigenvalue weighted by atomic mass is 9.85. The number of unbranched alkanes of at least 4 members (excludes halogenated alkanes) is 1. The maximum atomic E-state index is 14.5.